The fourth-order valence-electron chi connectivity index (χ4n) is 2.64. The van der Waals surface area contributed by atoms with Crippen molar-refractivity contribution in [1.29, 1.82) is 5.26 Å². The molecule has 140 valence electrons. The number of carbonyl (C=O) groups excluding carboxylic acids is 1. The van der Waals surface area contributed by atoms with E-state index >= 15 is 0 Å². The number of likely N-dealkylation sites (tertiary alicyclic amines) is 1. The largest absolute Gasteiger partial charge is 0.482 e. The predicted molar refractivity (Wildman–Crippen MR) is 98.3 cm³/mol. The minimum Gasteiger partial charge on any atom is -0.482 e. The van der Waals surface area contributed by atoms with E-state index in [0.29, 0.717) is 36.5 Å². The van der Waals surface area contributed by atoms with Gasteiger partial charge in [-0.05, 0) is 37.5 Å². The van der Waals surface area contributed by atoms with E-state index < -0.39 is 10.0 Å². The number of sulfonamides is 1. The maximum absolute atomic E-state index is 12.3. The molecule has 1 aliphatic heterocycles. The average Bonchev–Trinajstić information content (AvgIpc) is 2.61. The molecular weight excluding hydrogens is 378 g/mol. The van der Waals surface area contributed by atoms with E-state index in [0.717, 1.165) is 11.0 Å². The van der Waals surface area contributed by atoms with Crippen molar-refractivity contribution in [2.45, 2.75) is 25.8 Å². The molecule has 0 aromatic heterocycles. The Bertz CT molecular complexity index is 840. The van der Waals surface area contributed by atoms with Crippen molar-refractivity contribution in [1.82, 2.24) is 9.62 Å². The van der Waals surface area contributed by atoms with Crippen molar-refractivity contribution in [3.8, 4) is 11.8 Å². The zero-order valence-corrected chi connectivity index (χ0v) is 15.9. The van der Waals surface area contributed by atoms with E-state index in [2.05, 4.69) is 11.3 Å². The van der Waals surface area contributed by atoms with Crippen LogP contribution in [0.15, 0.2) is 24.1 Å². The zero-order valence-electron chi connectivity index (χ0n) is 14.4. The Balaban J connectivity index is 1.89. The summed E-state index contributed by atoms with van der Waals surface area (Å²) in [5.41, 5.74) is 1.17. The summed E-state index contributed by atoms with van der Waals surface area (Å²) in [6, 6.07) is 4.97. The van der Waals surface area contributed by atoms with Gasteiger partial charge in [0.25, 0.3) is 5.91 Å². The first-order valence-electron chi connectivity index (χ1n) is 8.01. The summed E-state index contributed by atoms with van der Waals surface area (Å²) < 4.78 is 31.0. The van der Waals surface area contributed by atoms with Crippen LogP contribution in [0.4, 0.5) is 0 Å². The van der Waals surface area contributed by atoms with Crippen molar-refractivity contribution in [2.75, 3.05) is 19.7 Å². The van der Waals surface area contributed by atoms with Gasteiger partial charge in [0.1, 0.15) is 5.75 Å². The van der Waals surface area contributed by atoms with Crippen LogP contribution in [0.3, 0.4) is 0 Å². The Morgan fingerprint density at radius 3 is 2.73 bits per heavy atom. The van der Waals surface area contributed by atoms with Crippen molar-refractivity contribution in [2.24, 2.45) is 0 Å². The van der Waals surface area contributed by atoms with Gasteiger partial charge in [0.15, 0.2) is 6.61 Å². The summed E-state index contributed by atoms with van der Waals surface area (Å²) in [5.74, 6) is 0.0703. The van der Waals surface area contributed by atoms with Gasteiger partial charge < -0.3 is 9.64 Å². The number of benzene rings is 1. The lowest BCUT2D eigenvalue weighted by atomic mass is 10.1. The van der Waals surface area contributed by atoms with E-state index in [1.54, 1.807) is 17.9 Å². The van der Waals surface area contributed by atoms with Crippen molar-refractivity contribution in [3.05, 3.63) is 40.3 Å². The molecule has 1 saturated heterocycles. The molecule has 0 spiro atoms. The zero-order chi connectivity index (χ0) is 19.3. The Kier molecular flexibility index (Phi) is 6.64. The fourth-order valence-corrected chi connectivity index (χ4v) is 3.71. The summed E-state index contributed by atoms with van der Waals surface area (Å²) in [4.78, 5) is 13.9. The van der Waals surface area contributed by atoms with Gasteiger partial charge in [-0.2, -0.15) is 5.26 Å². The molecule has 9 heteroatoms. The quantitative estimate of drug-likeness (QED) is 0.790. The number of nitrogens with zero attached hydrogens (tertiary/aromatic N) is 2. The Morgan fingerprint density at radius 1 is 1.50 bits per heavy atom. The van der Waals surface area contributed by atoms with Gasteiger partial charge in [-0.25, -0.2) is 13.1 Å². The molecule has 1 fully saturated rings. The number of carbonyl (C=O) groups is 1. The Hall–Kier alpha value is -2.08. The molecule has 1 aromatic carbocycles. The molecule has 1 aliphatic rings. The maximum atomic E-state index is 12.3. The van der Waals surface area contributed by atoms with E-state index in [1.165, 1.54) is 6.07 Å². The third kappa shape index (κ3) is 5.21. The second-order valence-corrected chi connectivity index (χ2v) is 8.05. The molecule has 0 bridgehead atoms. The van der Waals surface area contributed by atoms with Crippen LogP contribution in [-0.2, 0) is 14.8 Å². The first-order valence-corrected chi connectivity index (χ1v) is 9.93. The number of rotatable bonds is 6. The third-order valence-electron chi connectivity index (χ3n) is 4.15. The summed E-state index contributed by atoms with van der Waals surface area (Å²) in [6.45, 7) is 5.68. The van der Waals surface area contributed by atoms with Gasteiger partial charge in [-0.15, -0.1) is 0 Å². The Morgan fingerprint density at radius 2 is 2.15 bits per heavy atom. The van der Waals surface area contributed by atoms with Crippen LogP contribution in [0.2, 0.25) is 5.02 Å². The fraction of sp³-hybridized carbons (Fsp3) is 0.412. The molecule has 1 amide bonds. The second kappa shape index (κ2) is 8.54. The number of amides is 1. The molecule has 0 radical (unpaired) electrons. The molecule has 2 rings (SSSR count). The molecule has 26 heavy (non-hydrogen) atoms. The maximum Gasteiger partial charge on any atom is 0.260 e. The highest BCUT2D eigenvalue weighted by Gasteiger charge is 2.25. The van der Waals surface area contributed by atoms with Crippen molar-refractivity contribution in [3.63, 3.8) is 0 Å². The predicted octanol–water partition coefficient (Wildman–Crippen LogP) is 1.95. The second-order valence-electron chi connectivity index (χ2n) is 5.98. The highest BCUT2D eigenvalue weighted by Crippen LogP contribution is 2.28. The summed E-state index contributed by atoms with van der Waals surface area (Å²) in [6.07, 6.45) is 1.03. The summed E-state index contributed by atoms with van der Waals surface area (Å²) >= 11 is 6.09. The van der Waals surface area contributed by atoms with Gasteiger partial charge in [-0.1, -0.05) is 18.2 Å². The number of nitriles is 1. The molecule has 0 aliphatic carbocycles. The molecule has 7 nitrogen and oxygen atoms in total. The van der Waals surface area contributed by atoms with Crippen molar-refractivity contribution < 1.29 is 17.9 Å². The van der Waals surface area contributed by atoms with Crippen LogP contribution in [0, 0.1) is 18.3 Å². The standard InChI is InChI=1S/C17H20ClN3O4S/c1-3-26(23,24)20-14-4-6-21(7-5-14)17(22)11-25-16-9-13(10-19)12(2)8-15(16)18/h3,8-9,14,20H,1,4-7,11H2,2H3. The molecular formula is C17H20ClN3O4S. The lowest BCUT2D eigenvalue weighted by molar-refractivity contribution is -0.134. The first-order chi connectivity index (χ1) is 12.3. The minimum absolute atomic E-state index is 0.198. The first kappa shape index (κ1) is 20.2. The number of hydrogen-bond acceptors (Lipinski definition) is 5. The molecule has 1 heterocycles. The van der Waals surface area contributed by atoms with Crippen molar-refractivity contribution >= 4 is 27.5 Å². The number of halogens is 1. The van der Waals surface area contributed by atoms with Gasteiger partial charge in [0.2, 0.25) is 10.0 Å². The monoisotopic (exact) mass is 397 g/mol. The van der Waals surface area contributed by atoms with Crippen LogP contribution in [-0.4, -0.2) is 45.0 Å². The molecule has 0 saturated carbocycles. The lowest BCUT2D eigenvalue weighted by Gasteiger charge is -2.32. The normalized spacial score (nSPS) is 15.3. The highest BCUT2D eigenvalue weighted by molar-refractivity contribution is 7.92. The third-order valence-corrected chi connectivity index (χ3v) is 5.54. The molecule has 0 unspecified atom stereocenters. The van der Waals surface area contributed by atoms with E-state index in [1.807, 2.05) is 6.07 Å². The van der Waals surface area contributed by atoms with E-state index in [4.69, 9.17) is 21.6 Å². The van der Waals surface area contributed by atoms with Crippen LogP contribution in [0.25, 0.3) is 0 Å². The topological polar surface area (TPSA) is 99.5 Å². The number of hydrogen-bond donors (Lipinski definition) is 1. The van der Waals surface area contributed by atoms with Crippen LogP contribution < -0.4 is 9.46 Å². The van der Waals surface area contributed by atoms with E-state index in [-0.39, 0.29) is 24.3 Å². The minimum atomic E-state index is -3.47. The number of piperidine rings is 1. The number of ether oxygens (including phenoxy) is 1. The Labute approximate surface area is 158 Å². The average molecular weight is 398 g/mol. The van der Waals surface area contributed by atoms with Crippen LogP contribution in [0.1, 0.15) is 24.0 Å². The molecule has 1 aromatic rings. The molecule has 0 atom stereocenters. The number of nitrogens with one attached hydrogen (secondary N) is 1. The SMILES string of the molecule is C=CS(=O)(=O)NC1CCN(C(=O)COc2cc(C#N)c(C)cc2Cl)CC1. The van der Waals surface area contributed by atoms with Gasteiger partial charge in [0, 0.05) is 24.5 Å². The molecule has 1 N–H and O–H groups in total. The van der Waals surface area contributed by atoms with Crippen LogP contribution in [0.5, 0.6) is 5.75 Å². The smallest absolute Gasteiger partial charge is 0.260 e. The van der Waals surface area contributed by atoms with Gasteiger partial charge in [-0.3, -0.25) is 4.79 Å². The van der Waals surface area contributed by atoms with Gasteiger partial charge in [0.05, 0.1) is 16.7 Å². The van der Waals surface area contributed by atoms with Crippen LogP contribution >= 0.6 is 11.6 Å². The number of aryl methyl sites for hydroxylation is 1. The van der Waals surface area contributed by atoms with E-state index in [9.17, 15) is 13.2 Å². The van der Waals surface area contributed by atoms with Gasteiger partial charge >= 0.3 is 0 Å². The summed E-state index contributed by atoms with van der Waals surface area (Å²) in [5, 5.41) is 10.3. The summed E-state index contributed by atoms with van der Waals surface area (Å²) in [7, 11) is -3.47. The lowest BCUT2D eigenvalue weighted by Crippen LogP contribution is -2.47. The highest BCUT2D eigenvalue weighted by atomic mass is 35.5.